The molecule has 0 radical (unpaired) electrons. The molecular weight excluding hydrogens is 400 g/mol. The molecule has 0 atom stereocenters. The lowest BCUT2D eigenvalue weighted by Gasteiger charge is -2.09. The van der Waals surface area contributed by atoms with Crippen LogP contribution in [0.25, 0.3) is 0 Å². The van der Waals surface area contributed by atoms with Gasteiger partial charge in [0.15, 0.2) is 11.5 Å². The van der Waals surface area contributed by atoms with Crippen LogP contribution in [-0.4, -0.2) is 30.3 Å². The highest BCUT2D eigenvalue weighted by Crippen LogP contribution is 2.28. The molecule has 29 heavy (non-hydrogen) atoms. The first-order valence-electron chi connectivity index (χ1n) is 8.23. The van der Waals surface area contributed by atoms with Gasteiger partial charge >= 0.3 is 5.97 Å². The maximum atomic E-state index is 12.1. The fraction of sp³-hybridized carbons (Fsp3) is 0.0500. The van der Waals surface area contributed by atoms with Crippen LogP contribution in [0.1, 0.15) is 26.5 Å². The van der Waals surface area contributed by atoms with E-state index >= 15 is 0 Å². The molecule has 1 heterocycles. The summed E-state index contributed by atoms with van der Waals surface area (Å²) in [5, 5.41) is 13.9. The number of nitrogens with one attached hydrogen (secondary N) is 1. The van der Waals surface area contributed by atoms with Crippen molar-refractivity contribution in [1.82, 2.24) is 5.43 Å². The van der Waals surface area contributed by atoms with E-state index in [2.05, 4.69) is 10.5 Å². The van der Waals surface area contributed by atoms with Gasteiger partial charge in [-0.05, 0) is 54.1 Å². The number of hydrogen-bond acceptors (Lipinski definition) is 7. The normalized spacial score (nSPS) is 10.7. The molecule has 148 valence electrons. The molecule has 2 aromatic carbocycles. The molecule has 0 saturated carbocycles. The van der Waals surface area contributed by atoms with Gasteiger partial charge in [-0.15, -0.1) is 0 Å². The third-order valence-corrected chi connectivity index (χ3v) is 3.93. The summed E-state index contributed by atoms with van der Waals surface area (Å²) in [6.45, 7) is 0. The standard InChI is InChI=1S/C20H15ClN2O6/c1-27-18-9-12(4-7-16(18)29-20(26)17-3-2-8-28-17)11-22-23-19(25)14-10-13(21)5-6-15(14)24/h2-11,24H,1H3,(H,23,25)/b22-11+. The molecule has 1 amide bonds. The van der Waals surface area contributed by atoms with Crippen LogP contribution in [0.15, 0.2) is 64.3 Å². The van der Waals surface area contributed by atoms with E-state index in [1.54, 1.807) is 18.2 Å². The Bertz CT molecular complexity index is 1060. The number of hydrazone groups is 1. The van der Waals surface area contributed by atoms with Crippen molar-refractivity contribution in [3.05, 3.63) is 76.7 Å². The third kappa shape index (κ3) is 4.94. The van der Waals surface area contributed by atoms with Crippen molar-refractivity contribution in [2.75, 3.05) is 7.11 Å². The molecule has 3 aromatic rings. The number of rotatable bonds is 6. The minimum absolute atomic E-state index is 0.00702. The number of nitrogens with zero attached hydrogens (tertiary/aromatic N) is 1. The summed E-state index contributed by atoms with van der Waals surface area (Å²) >= 11 is 5.82. The zero-order chi connectivity index (χ0) is 20.8. The van der Waals surface area contributed by atoms with Crippen molar-refractivity contribution >= 4 is 29.7 Å². The van der Waals surface area contributed by atoms with Crippen LogP contribution in [0.5, 0.6) is 17.2 Å². The third-order valence-electron chi connectivity index (χ3n) is 3.70. The fourth-order valence-electron chi connectivity index (χ4n) is 2.31. The van der Waals surface area contributed by atoms with Gasteiger partial charge in [-0.3, -0.25) is 4.79 Å². The van der Waals surface area contributed by atoms with E-state index in [0.717, 1.165) is 0 Å². The number of esters is 1. The number of amides is 1. The van der Waals surface area contributed by atoms with Crippen molar-refractivity contribution in [1.29, 1.82) is 0 Å². The maximum Gasteiger partial charge on any atom is 0.379 e. The summed E-state index contributed by atoms with van der Waals surface area (Å²) in [4.78, 5) is 24.1. The fourth-order valence-corrected chi connectivity index (χ4v) is 2.48. The molecule has 3 rings (SSSR count). The average Bonchev–Trinajstić information content (AvgIpc) is 3.25. The number of halogens is 1. The van der Waals surface area contributed by atoms with Gasteiger partial charge in [0.2, 0.25) is 5.76 Å². The largest absolute Gasteiger partial charge is 0.507 e. The summed E-state index contributed by atoms with van der Waals surface area (Å²) in [5.74, 6) is -0.969. The van der Waals surface area contributed by atoms with E-state index in [4.69, 9.17) is 25.5 Å². The Balaban J connectivity index is 1.69. The maximum absolute atomic E-state index is 12.1. The second-order valence-electron chi connectivity index (χ2n) is 5.64. The molecule has 0 aliphatic rings. The van der Waals surface area contributed by atoms with Crippen molar-refractivity contribution in [3.63, 3.8) is 0 Å². The van der Waals surface area contributed by atoms with Crippen LogP contribution in [-0.2, 0) is 0 Å². The van der Waals surface area contributed by atoms with Crippen molar-refractivity contribution in [2.24, 2.45) is 5.10 Å². The number of aromatic hydroxyl groups is 1. The molecule has 9 heteroatoms. The van der Waals surface area contributed by atoms with E-state index in [-0.39, 0.29) is 28.6 Å². The molecule has 0 bridgehead atoms. The van der Waals surface area contributed by atoms with Crippen LogP contribution in [0.2, 0.25) is 5.02 Å². The van der Waals surface area contributed by atoms with Gasteiger partial charge in [0.25, 0.3) is 5.91 Å². The van der Waals surface area contributed by atoms with Gasteiger partial charge < -0.3 is 19.0 Å². The number of ether oxygens (including phenoxy) is 2. The monoisotopic (exact) mass is 414 g/mol. The Labute approximate surface area is 170 Å². The van der Waals surface area contributed by atoms with Crippen LogP contribution < -0.4 is 14.9 Å². The van der Waals surface area contributed by atoms with Crippen LogP contribution in [0.4, 0.5) is 0 Å². The van der Waals surface area contributed by atoms with E-state index in [0.29, 0.717) is 10.6 Å². The molecule has 0 unspecified atom stereocenters. The first kappa shape index (κ1) is 20.0. The zero-order valence-electron chi connectivity index (χ0n) is 15.1. The number of methoxy groups -OCH3 is 1. The van der Waals surface area contributed by atoms with Crippen molar-refractivity contribution in [3.8, 4) is 17.2 Å². The second-order valence-corrected chi connectivity index (χ2v) is 6.07. The molecule has 0 fully saturated rings. The minimum atomic E-state index is -0.664. The van der Waals surface area contributed by atoms with E-state index in [1.807, 2.05) is 0 Å². The predicted octanol–water partition coefficient (Wildman–Crippen LogP) is 3.63. The molecule has 8 nitrogen and oxygen atoms in total. The lowest BCUT2D eigenvalue weighted by atomic mass is 10.2. The number of carbonyl (C=O) groups excluding carboxylic acids is 2. The van der Waals surface area contributed by atoms with Crippen LogP contribution in [0.3, 0.4) is 0 Å². The van der Waals surface area contributed by atoms with Gasteiger partial charge in [0.1, 0.15) is 5.75 Å². The summed E-state index contributed by atoms with van der Waals surface area (Å²) in [5.41, 5.74) is 2.85. The summed E-state index contributed by atoms with van der Waals surface area (Å²) < 4.78 is 15.5. The van der Waals surface area contributed by atoms with Crippen molar-refractivity contribution in [2.45, 2.75) is 0 Å². The van der Waals surface area contributed by atoms with Gasteiger partial charge in [0, 0.05) is 5.02 Å². The van der Waals surface area contributed by atoms with Gasteiger partial charge in [-0.2, -0.15) is 5.10 Å². The summed E-state index contributed by atoms with van der Waals surface area (Å²) in [7, 11) is 1.42. The second kappa shape index (κ2) is 8.94. The molecule has 0 aliphatic carbocycles. The van der Waals surface area contributed by atoms with Gasteiger partial charge in [0.05, 0.1) is 25.2 Å². The number of carbonyl (C=O) groups is 2. The summed E-state index contributed by atoms with van der Waals surface area (Å²) in [6.07, 6.45) is 2.73. The Kier molecular flexibility index (Phi) is 6.16. The Morgan fingerprint density at radius 1 is 1.17 bits per heavy atom. The first-order valence-corrected chi connectivity index (χ1v) is 8.61. The Morgan fingerprint density at radius 3 is 2.72 bits per heavy atom. The highest BCUT2D eigenvalue weighted by molar-refractivity contribution is 6.31. The number of phenolic OH excluding ortho intramolecular Hbond substituents is 1. The van der Waals surface area contributed by atoms with Crippen LogP contribution >= 0.6 is 11.6 Å². The number of phenols is 1. The SMILES string of the molecule is COc1cc(/C=N/NC(=O)c2cc(Cl)ccc2O)ccc1OC(=O)c1ccco1. The highest BCUT2D eigenvalue weighted by atomic mass is 35.5. The van der Waals surface area contributed by atoms with Crippen LogP contribution in [0, 0.1) is 0 Å². The number of hydrogen-bond donors (Lipinski definition) is 2. The van der Waals surface area contributed by atoms with Gasteiger partial charge in [-0.1, -0.05) is 11.6 Å². The Morgan fingerprint density at radius 2 is 2.00 bits per heavy atom. The lowest BCUT2D eigenvalue weighted by molar-refractivity contribution is 0.0696. The van der Waals surface area contributed by atoms with Gasteiger partial charge in [-0.25, -0.2) is 10.2 Å². The van der Waals surface area contributed by atoms with E-state index < -0.39 is 11.9 Å². The predicted molar refractivity (Wildman–Crippen MR) is 105 cm³/mol. The molecule has 1 aromatic heterocycles. The molecule has 0 spiro atoms. The quantitative estimate of drug-likeness (QED) is 0.276. The minimum Gasteiger partial charge on any atom is -0.507 e. The molecular formula is C20H15ClN2O6. The smallest absolute Gasteiger partial charge is 0.379 e. The number of benzene rings is 2. The first-order chi connectivity index (χ1) is 14.0. The average molecular weight is 415 g/mol. The Hall–Kier alpha value is -3.78. The highest BCUT2D eigenvalue weighted by Gasteiger charge is 2.15. The summed E-state index contributed by atoms with van der Waals surface area (Å²) in [6, 6.07) is 11.9. The molecule has 0 saturated heterocycles. The van der Waals surface area contributed by atoms with E-state index in [1.165, 1.54) is 49.9 Å². The zero-order valence-corrected chi connectivity index (χ0v) is 15.8. The topological polar surface area (TPSA) is 110 Å². The molecule has 0 aliphatic heterocycles. The molecule has 2 N–H and O–H groups in total. The van der Waals surface area contributed by atoms with Crippen molar-refractivity contribution < 1.29 is 28.6 Å². The number of furan rings is 1. The lowest BCUT2D eigenvalue weighted by Crippen LogP contribution is -2.17. The van der Waals surface area contributed by atoms with E-state index in [9.17, 15) is 14.7 Å².